The summed E-state index contributed by atoms with van der Waals surface area (Å²) in [7, 11) is -2.47. The molecule has 114 valence electrons. The van der Waals surface area contributed by atoms with Gasteiger partial charge in [0.1, 0.15) is 0 Å². The molecule has 0 radical (unpaired) electrons. The van der Waals surface area contributed by atoms with Gasteiger partial charge in [0.25, 0.3) is 5.03 Å². The largest absolute Gasteiger partial charge is 2.00 e. The van der Waals surface area contributed by atoms with Crippen molar-refractivity contribution in [3.8, 4) is 0 Å². The van der Waals surface area contributed by atoms with Crippen LogP contribution < -0.4 is 9.46 Å². The zero-order valence-electron chi connectivity index (χ0n) is 10.9. The van der Waals surface area contributed by atoms with Crippen LogP contribution in [0.25, 0.3) is 0 Å². The normalized spacial score (nSPS) is 10.1. The van der Waals surface area contributed by atoms with Gasteiger partial charge in [-0.2, -0.15) is 9.46 Å². The molecular formula is C10H8MgN2O6S3. The van der Waals surface area contributed by atoms with E-state index >= 15 is 0 Å². The van der Waals surface area contributed by atoms with Crippen LogP contribution in [0.5, 0.6) is 0 Å². The van der Waals surface area contributed by atoms with Crippen molar-refractivity contribution in [2.45, 2.75) is 9.92 Å². The van der Waals surface area contributed by atoms with E-state index in [1.807, 2.05) is 6.07 Å². The second kappa shape index (κ2) is 10.1. The van der Waals surface area contributed by atoms with Gasteiger partial charge in [-0.3, -0.25) is 8.42 Å². The summed E-state index contributed by atoms with van der Waals surface area (Å²) in [5, 5.41) is 22.9. The molecule has 0 saturated carbocycles. The average molecular weight is 373 g/mol. The zero-order chi connectivity index (χ0) is 15.9. The van der Waals surface area contributed by atoms with Crippen molar-refractivity contribution < 1.29 is 27.0 Å². The Labute approximate surface area is 150 Å². The second-order valence-electron chi connectivity index (χ2n) is 3.34. The molecule has 0 spiro atoms. The molecule has 0 N–H and O–H groups in total. The van der Waals surface area contributed by atoms with Crippen LogP contribution in [-0.2, 0) is 10.4 Å². The summed E-state index contributed by atoms with van der Waals surface area (Å²) in [6, 6.07) is 8.71. The van der Waals surface area contributed by atoms with Crippen LogP contribution in [0.1, 0.15) is 0 Å². The minimum absolute atomic E-state index is 0. The van der Waals surface area contributed by atoms with Gasteiger partial charge in [0, 0.05) is 39.4 Å². The van der Waals surface area contributed by atoms with Crippen molar-refractivity contribution in [3.63, 3.8) is 0 Å². The minimum atomic E-state index is -5.17. The van der Waals surface area contributed by atoms with Gasteiger partial charge in [0.05, 0.1) is 4.90 Å². The standard InChI is InChI=1S/C10H8N2O2S2.Mg.H2O4S/c13-11-6-3-4-9(8-11)15-16-10-5-1-2-7-12(10)14;;1-5(2,3)4/h1-8H;;(H2,1,2,3,4)/q;+2;/p-2. The van der Waals surface area contributed by atoms with E-state index < -0.39 is 10.4 Å². The fourth-order valence-corrected chi connectivity index (χ4v) is 3.01. The number of pyridine rings is 2. The second-order valence-corrected chi connectivity index (χ2v) is 6.38. The zero-order valence-corrected chi connectivity index (χ0v) is 14.8. The third kappa shape index (κ3) is 10.0. The first-order valence-electron chi connectivity index (χ1n) is 5.14. The molecule has 0 bridgehead atoms. The van der Waals surface area contributed by atoms with Gasteiger partial charge in [0.2, 0.25) is 0 Å². The van der Waals surface area contributed by atoms with Crippen LogP contribution in [-0.4, -0.2) is 40.6 Å². The monoisotopic (exact) mass is 372 g/mol. The number of rotatable bonds is 3. The Kier molecular flexibility index (Phi) is 9.74. The van der Waals surface area contributed by atoms with Crippen LogP contribution in [0.2, 0.25) is 0 Å². The molecule has 0 aliphatic carbocycles. The molecule has 0 unspecified atom stereocenters. The van der Waals surface area contributed by atoms with Crippen molar-refractivity contribution in [3.05, 3.63) is 59.3 Å². The SMILES string of the molecule is O=S(=O)([O-])[O-].[Mg+2].[O-][n+]1cccc(SSc2cccc[n+]2[O-])c1. The van der Waals surface area contributed by atoms with Gasteiger partial charge in [-0.15, -0.1) is 0 Å². The fraction of sp³-hybridized carbons (Fsp3) is 0. The van der Waals surface area contributed by atoms with Crippen molar-refractivity contribution in [2.75, 3.05) is 0 Å². The predicted molar refractivity (Wildman–Crippen MR) is 78.7 cm³/mol. The summed E-state index contributed by atoms with van der Waals surface area (Å²) >= 11 is 0. The van der Waals surface area contributed by atoms with E-state index in [1.54, 1.807) is 24.3 Å². The Bertz CT molecular complexity index is 693. The maximum atomic E-state index is 11.3. The van der Waals surface area contributed by atoms with Gasteiger partial charge in [-0.1, -0.05) is 0 Å². The molecule has 0 aromatic carbocycles. The molecule has 0 fully saturated rings. The number of nitrogens with zero attached hydrogens (tertiary/aromatic N) is 2. The topological polar surface area (TPSA) is 134 Å². The van der Waals surface area contributed by atoms with E-state index in [9.17, 15) is 10.4 Å². The fourth-order valence-electron chi connectivity index (χ4n) is 1.05. The molecule has 2 rings (SSSR count). The molecule has 0 amide bonds. The molecular weight excluding hydrogens is 365 g/mol. The molecule has 22 heavy (non-hydrogen) atoms. The Balaban J connectivity index is 0.000000644. The molecule has 12 heteroatoms. The van der Waals surface area contributed by atoms with Crippen LogP contribution in [0.3, 0.4) is 0 Å². The Morgan fingerprint density at radius 2 is 1.59 bits per heavy atom. The van der Waals surface area contributed by atoms with Gasteiger partial charge in [-0.25, -0.2) is 0 Å². The Morgan fingerprint density at radius 1 is 0.955 bits per heavy atom. The van der Waals surface area contributed by atoms with E-state index in [4.69, 9.17) is 17.5 Å². The van der Waals surface area contributed by atoms with Gasteiger partial charge >= 0.3 is 23.1 Å². The van der Waals surface area contributed by atoms with E-state index in [0.29, 0.717) is 5.03 Å². The van der Waals surface area contributed by atoms with Crippen molar-refractivity contribution >= 4 is 55.0 Å². The molecule has 0 saturated heterocycles. The van der Waals surface area contributed by atoms with E-state index in [2.05, 4.69) is 0 Å². The maximum absolute atomic E-state index is 11.3. The summed E-state index contributed by atoms with van der Waals surface area (Å²) in [5.41, 5.74) is 0. The van der Waals surface area contributed by atoms with E-state index in [0.717, 1.165) is 14.4 Å². The van der Waals surface area contributed by atoms with Crippen LogP contribution in [0, 0.1) is 10.4 Å². The molecule has 0 aliphatic heterocycles. The first-order chi connectivity index (χ1) is 9.75. The van der Waals surface area contributed by atoms with Crippen molar-refractivity contribution in [2.24, 2.45) is 0 Å². The summed E-state index contributed by atoms with van der Waals surface area (Å²) < 4.78 is 35.6. The number of hydrogen-bond donors (Lipinski definition) is 0. The number of aromatic nitrogens is 2. The van der Waals surface area contributed by atoms with E-state index in [-0.39, 0.29) is 23.1 Å². The predicted octanol–water partition coefficient (Wildman–Crippen LogP) is 0.0340. The minimum Gasteiger partial charge on any atom is -0.759 e. The molecule has 0 atom stereocenters. The average Bonchev–Trinajstić information content (AvgIpc) is 2.36. The summed E-state index contributed by atoms with van der Waals surface area (Å²) in [6.07, 6.45) is 4.34. The molecule has 2 aromatic rings. The molecule has 2 aromatic heterocycles. The first-order valence-corrected chi connectivity index (χ1v) is 8.62. The van der Waals surface area contributed by atoms with Gasteiger partial charge in [0.15, 0.2) is 18.6 Å². The molecule has 8 nitrogen and oxygen atoms in total. The third-order valence-corrected chi connectivity index (χ3v) is 4.10. The van der Waals surface area contributed by atoms with Gasteiger partial charge in [-0.05, 0) is 22.9 Å². The third-order valence-electron chi connectivity index (χ3n) is 1.76. The summed E-state index contributed by atoms with van der Waals surface area (Å²) in [5.74, 6) is 0. The molecule has 0 aliphatic rings. The number of hydrogen-bond acceptors (Lipinski definition) is 8. The maximum Gasteiger partial charge on any atom is 2.00 e. The van der Waals surface area contributed by atoms with Crippen molar-refractivity contribution in [1.29, 1.82) is 0 Å². The van der Waals surface area contributed by atoms with Crippen LogP contribution in [0.4, 0.5) is 0 Å². The summed E-state index contributed by atoms with van der Waals surface area (Å²) in [4.78, 5) is 0.811. The first kappa shape index (κ1) is 21.2. The smallest absolute Gasteiger partial charge is 0.759 e. The summed E-state index contributed by atoms with van der Waals surface area (Å²) in [6.45, 7) is 0. The quantitative estimate of drug-likeness (QED) is 0.184. The Hall–Kier alpha value is -0.764. The van der Waals surface area contributed by atoms with Crippen LogP contribution >= 0.6 is 21.6 Å². The van der Waals surface area contributed by atoms with Gasteiger partial charge < -0.3 is 19.5 Å². The van der Waals surface area contributed by atoms with E-state index in [1.165, 1.54) is 40.2 Å². The Morgan fingerprint density at radius 3 is 2.14 bits per heavy atom. The molecule has 2 heterocycles. The van der Waals surface area contributed by atoms with Crippen molar-refractivity contribution in [1.82, 2.24) is 0 Å². The van der Waals surface area contributed by atoms with Crippen LogP contribution in [0.15, 0.2) is 58.8 Å².